The minimum atomic E-state index is -0.206. The van der Waals surface area contributed by atoms with Gasteiger partial charge in [-0.1, -0.05) is 48.5 Å². The van der Waals surface area contributed by atoms with Crippen molar-refractivity contribution in [2.45, 2.75) is 31.9 Å². The Kier molecular flexibility index (Phi) is 3.58. The molecule has 0 aliphatic heterocycles. The van der Waals surface area contributed by atoms with Crippen LogP contribution in [0.4, 0.5) is 0 Å². The highest BCUT2D eigenvalue weighted by Gasteiger charge is 2.22. The van der Waals surface area contributed by atoms with E-state index in [1.807, 2.05) is 54.6 Å². The number of aromatic nitrogens is 2. The molecule has 23 heavy (non-hydrogen) atoms. The third-order valence-electron chi connectivity index (χ3n) is 4.33. The molecule has 1 fully saturated rings. The maximum atomic E-state index is 12.1. The van der Waals surface area contributed by atoms with Crippen LogP contribution in [0.15, 0.2) is 54.6 Å². The van der Waals surface area contributed by atoms with E-state index in [4.69, 9.17) is 4.74 Å². The number of esters is 1. The van der Waals surface area contributed by atoms with E-state index in [1.54, 1.807) is 4.68 Å². The van der Waals surface area contributed by atoms with E-state index in [1.165, 1.54) is 0 Å². The van der Waals surface area contributed by atoms with Gasteiger partial charge in [0.1, 0.15) is 18.3 Å². The van der Waals surface area contributed by atoms with E-state index in [9.17, 15) is 4.79 Å². The number of hydrogen-bond acceptors (Lipinski definition) is 3. The Hall–Kier alpha value is -2.62. The first-order valence-corrected chi connectivity index (χ1v) is 8.02. The minimum absolute atomic E-state index is 0.109. The lowest BCUT2D eigenvalue weighted by atomic mass is 9.96. The fourth-order valence-electron chi connectivity index (χ4n) is 2.89. The Morgan fingerprint density at radius 1 is 1.09 bits per heavy atom. The normalized spacial score (nSPS) is 14.6. The summed E-state index contributed by atoms with van der Waals surface area (Å²) in [6.07, 6.45) is 3.24. The van der Waals surface area contributed by atoms with Crippen LogP contribution >= 0.6 is 0 Å². The molecule has 4 rings (SSSR count). The molecular formula is C19H18N2O2. The van der Waals surface area contributed by atoms with E-state index < -0.39 is 0 Å². The molecule has 4 nitrogen and oxygen atoms in total. The summed E-state index contributed by atoms with van der Waals surface area (Å²) < 4.78 is 7.20. The molecule has 0 N–H and O–H groups in total. The number of carbonyl (C=O) groups is 1. The maximum Gasteiger partial charge on any atom is 0.328 e. The van der Waals surface area contributed by atoms with Crippen LogP contribution in [0.5, 0.6) is 0 Å². The topological polar surface area (TPSA) is 44.1 Å². The molecule has 2 aromatic carbocycles. The minimum Gasteiger partial charge on any atom is -0.461 e. The van der Waals surface area contributed by atoms with Crippen molar-refractivity contribution in [3.63, 3.8) is 0 Å². The van der Waals surface area contributed by atoms with Crippen LogP contribution in [0.25, 0.3) is 22.2 Å². The molecular weight excluding hydrogens is 288 g/mol. The zero-order valence-electron chi connectivity index (χ0n) is 12.8. The molecule has 0 unspecified atom stereocenters. The molecule has 3 aromatic rings. The lowest BCUT2D eigenvalue weighted by Gasteiger charge is -2.25. The first-order chi connectivity index (χ1) is 11.3. The van der Waals surface area contributed by atoms with Gasteiger partial charge in [0.05, 0.1) is 5.52 Å². The van der Waals surface area contributed by atoms with Crippen molar-refractivity contribution in [3.05, 3.63) is 54.6 Å². The summed E-state index contributed by atoms with van der Waals surface area (Å²) in [5, 5.41) is 5.72. The fourth-order valence-corrected chi connectivity index (χ4v) is 2.89. The number of fused-ring (bicyclic) bond motifs is 1. The number of benzene rings is 2. The van der Waals surface area contributed by atoms with Gasteiger partial charge in [0.2, 0.25) is 0 Å². The number of hydrogen-bond donors (Lipinski definition) is 0. The standard InChI is InChI=1S/C19H18N2O2/c22-18(23-15-9-6-10-15)13-21-17-12-5-4-11-16(17)19(20-21)14-7-2-1-3-8-14/h1-5,7-8,11-12,15H,6,9-10,13H2. The van der Waals surface area contributed by atoms with Crippen LogP contribution in [0.1, 0.15) is 19.3 Å². The first-order valence-electron chi connectivity index (χ1n) is 8.02. The second-order valence-corrected chi connectivity index (χ2v) is 5.93. The van der Waals surface area contributed by atoms with Gasteiger partial charge in [-0.25, -0.2) is 0 Å². The van der Waals surface area contributed by atoms with Crippen LogP contribution in [0.2, 0.25) is 0 Å². The van der Waals surface area contributed by atoms with Gasteiger partial charge < -0.3 is 4.74 Å². The largest absolute Gasteiger partial charge is 0.461 e. The number of carbonyl (C=O) groups excluding carboxylic acids is 1. The second-order valence-electron chi connectivity index (χ2n) is 5.93. The van der Waals surface area contributed by atoms with Crippen molar-refractivity contribution in [2.24, 2.45) is 0 Å². The monoisotopic (exact) mass is 306 g/mol. The molecule has 1 saturated carbocycles. The van der Waals surface area contributed by atoms with Gasteiger partial charge in [-0.15, -0.1) is 0 Å². The zero-order valence-corrected chi connectivity index (χ0v) is 12.8. The van der Waals surface area contributed by atoms with Crippen molar-refractivity contribution in [1.29, 1.82) is 0 Å². The van der Waals surface area contributed by atoms with Gasteiger partial charge in [-0.2, -0.15) is 5.10 Å². The Morgan fingerprint density at radius 3 is 2.57 bits per heavy atom. The molecule has 1 heterocycles. The highest BCUT2D eigenvalue weighted by Crippen LogP contribution is 2.28. The quantitative estimate of drug-likeness (QED) is 0.689. The van der Waals surface area contributed by atoms with Crippen molar-refractivity contribution in [1.82, 2.24) is 9.78 Å². The van der Waals surface area contributed by atoms with E-state index in [0.717, 1.165) is 41.4 Å². The molecule has 1 aliphatic rings. The average molecular weight is 306 g/mol. The molecule has 0 spiro atoms. The average Bonchev–Trinajstić information content (AvgIpc) is 2.91. The highest BCUT2D eigenvalue weighted by molar-refractivity contribution is 5.93. The third kappa shape index (κ3) is 2.72. The summed E-state index contributed by atoms with van der Waals surface area (Å²) in [5.41, 5.74) is 2.91. The first kappa shape index (κ1) is 14.0. The van der Waals surface area contributed by atoms with Crippen LogP contribution in [0, 0.1) is 0 Å². The number of rotatable bonds is 4. The van der Waals surface area contributed by atoms with E-state index >= 15 is 0 Å². The molecule has 4 heteroatoms. The number of para-hydroxylation sites is 1. The molecule has 1 aromatic heterocycles. The van der Waals surface area contributed by atoms with Crippen molar-refractivity contribution in [2.75, 3.05) is 0 Å². The smallest absolute Gasteiger partial charge is 0.328 e. The molecule has 0 bridgehead atoms. The van der Waals surface area contributed by atoms with Crippen LogP contribution in [0.3, 0.4) is 0 Å². The van der Waals surface area contributed by atoms with Crippen LogP contribution < -0.4 is 0 Å². The van der Waals surface area contributed by atoms with Crippen molar-refractivity contribution in [3.8, 4) is 11.3 Å². The van der Waals surface area contributed by atoms with E-state index in [-0.39, 0.29) is 18.6 Å². The molecule has 0 amide bonds. The summed E-state index contributed by atoms with van der Waals surface area (Å²) in [6, 6.07) is 18.0. The third-order valence-corrected chi connectivity index (χ3v) is 4.33. The summed E-state index contributed by atoms with van der Waals surface area (Å²) in [5.74, 6) is -0.206. The van der Waals surface area contributed by atoms with Crippen molar-refractivity contribution < 1.29 is 9.53 Å². The SMILES string of the molecule is O=C(Cn1nc(-c2ccccc2)c2ccccc21)OC1CCC1. The lowest BCUT2D eigenvalue weighted by Crippen LogP contribution is -2.27. The van der Waals surface area contributed by atoms with Gasteiger partial charge in [0.25, 0.3) is 0 Å². The van der Waals surface area contributed by atoms with Gasteiger partial charge in [-0.3, -0.25) is 9.48 Å². The van der Waals surface area contributed by atoms with E-state index in [0.29, 0.717) is 0 Å². The summed E-state index contributed by atoms with van der Waals surface area (Å²) in [6.45, 7) is 0.157. The van der Waals surface area contributed by atoms with Crippen molar-refractivity contribution >= 4 is 16.9 Å². The number of ether oxygens (including phenoxy) is 1. The molecule has 0 saturated heterocycles. The Morgan fingerprint density at radius 2 is 1.83 bits per heavy atom. The number of nitrogens with zero attached hydrogens (tertiary/aromatic N) is 2. The molecule has 116 valence electrons. The van der Waals surface area contributed by atoms with Crippen LogP contribution in [-0.2, 0) is 16.1 Å². The van der Waals surface area contributed by atoms with Gasteiger partial charge in [0.15, 0.2) is 0 Å². The predicted octanol–water partition coefficient (Wildman–Crippen LogP) is 3.80. The zero-order chi connectivity index (χ0) is 15.6. The Bertz CT molecular complexity index is 835. The van der Waals surface area contributed by atoms with Gasteiger partial charge >= 0.3 is 5.97 Å². The highest BCUT2D eigenvalue weighted by atomic mass is 16.5. The molecule has 1 aliphatic carbocycles. The van der Waals surface area contributed by atoms with E-state index in [2.05, 4.69) is 5.10 Å². The summed E-state index contributed by atoms with van der Waals surface area (Å²) in [7, 11) is 0. The summed E-state index contributed by atoms with van der Waals surface area (Å²) in [4.78, 5) is 12.1. The second kappa shape index (κ2) is 5.88. The van der Waals surface area contributed by atoms with Gasteiger partial charge in [-0.05, 0) is 25.3 Å². The fraction of sp³-hybridized carbons (Fsp3) is 0.263. The molecule has 0 atom stereocenters. The Balaban J connectivity index is 1.68. The lowest BCUT2D eigenvalue weighted by molar-refractivity contribution is -0.153. The van der Waals surface area contributed by atoms with Gasteiger partial charge in [0, 0.05) is 10.9 Å². The summed E-state index contributed by atoms with van der Waals surface area (Å²) >= 11 is 0. The molecule has 0 radical (unpaired) electrons. The maximum absolute atomic E-state index is 12.1. The Labute approximate surface area is 134 Å². The predicted molar refractivity (Wildman–Crippen MR) is 88.9 cm³/mol. The van der Waals surface area contributed by atoms with Crippen LogP contribution in [-0.4, -0.2) is 21.9 Å².